The van der Waals surface area contributed by atoms with Crippen LogP contribution in [0.3, 0.4) is 0 Å². The third kappa shape index (κ3) is 4.50. The second-order valence-electron chi connectivity index (χ2n) is 7.00. The van der Waals surface area contributed by atoms with Gasteiger partial charge in [0.25, 0.3) is 0 Å². The Bertz CT molecular complexity index is 525. The predicted octanol–water partition coefficient (Wildman–Crippen LogP) is 2.96. The third-order valence-corrected chi connectivity index (χ3v) is 5.32. The molecular weight excluding hydrogens is 324 g/mol. The Balaban J connectivity index is 0.00000208. The van der Waals surface area contributed by atoms with E-state index in [0.717, 1.165) is 32.4 Å². The number of hydrogen-bond donors (Lipinski definition) is 1. The highest BCUT2D eigenvalue weighted by atomic mass is 35.5. The van der Waals surface area contributed by atoms with E-state index >= 15 is 0 Å². The SMILES string of the molecule is CC1CCC(CCC(=O)N2C[C@@H](CN)[C@H](c3ccccc3)C2)O1.Cl. The molecule has 1 amide bonds. The maximum absolute atomic E-state index is 12.6. The molecule has 3 rings (SSSR count). The Morgan fingerprint density at radius 1 is 1.25 bits per heavy atom. The van der Waals surface area contributed by atoms with Gasteiger partial charge in [-0.3, -0.25) is 4.79 Å². The second kappa shape index (κ2) is 8.84. The highest BCUT2D eigenvalue weighted by Crippen LogP contribution is 2.32. The number of benzene rings is 1. The number of nitrogens with two attached hydrogens (primary N) is 1. The van der Waals surface area contributed by atoms with Gasteiger partial charge in [-0.1, -0.05) is 30.3 Å². The molecule has 0 spiro atoms. The summed E-state index contributed by atoms with van der Waals surface area (Å²) in [5.74, 6) is 0.988. The lowest BCUT2D eigenvalue weighted by molar-refractivity contribution is -0.131. The summed E-state index contributed by atoms with van der Waals surface area (Å²) in [6.07, 6.45) is 4.28. The molecule has 0 bridgehead atoms. The Morgan fingerprint density at radius 2 is 2.00 bits per heavy atom. The number of carbonyl (C=O) groups excluding carboxylic acids is 1. The van der Waals surface area contributed by atoms with E-state index in [4.69, 9.17) is 10.5 Å². The molecule has 2 N–H and O–H groups in total. The van der Waals surface area contributed by atoms with Crippen molar-refractivity contribution < 1.29 is 9.53 Å². The summed E-state index contributed by atoms with van der Waals surface area (Å²) >= 11 is 0. The Kier molecular flexibility index (Phi) is 7.08. The molecule has 2 saturated heterocycles. The third-order valence-electron chi connectivity index (χ3n) is 5.32. The minimum Gasteiger partial charge on any atom is -0.375 e. The maximum atomic E-state index is 12.6. The summed E-state index contributed by atoms with van der Waals surface area (Å²) in [6.45, 7) is 4.33. The van der Waals surface area contributed by atoms with Crippen LogP contribution in [0.1, 0.15) is 44.1 Å². The van der Waals surface area contributed by atoms with Crippen LogP contribution in [0.2, 0.25) is 0 Å². The fourth-order valence-electron chi connectivity index (χ4n) is 3.93. The Morgan fingerprint density at radius 3 is 2.62 bits per heavy atom. The van der Waals surface area contributed by atoms with Crippen LogP contribution in [0.4, 0.5) is 0 Å². The van der Waals surface area contributed by atoms with Crippen molar-refractivity contribution in [2.75, 3.05) is 19.6 Å². The normalized spacial score (nSPS) is 29.5. The molecule has 1 aromatic carbocycles. The van der Waals surface area contributed by atoms with Gasteiger partial charge in [0.1, 0.15) is 0 Å². The number of halogens is 1. The maximum Gasteiger partial charge on any atom is 0.222 e. The summed E-state index contributed by atoms with van der Waals surface area (Å²) < 4.78 is 5.82. The van der Waals surface area contributed by atoms with Crippen molar-refractivity contribution in [2.45, 2.75) is 50.7 Å². The van der Waals surface area contributed by atoms with E-state index in [1.165, 1.54) is 5.56 Å². The standard InChI is InChI=1S/C19H28N2O2.ClH/c1-14-7-8-17(23-14)9-10-19(22)21-12-16(11-20)18(13-21)15-5-3-2-4-6-15;/h2-6,14,16-18H,7-13,20H2,1H3;1H/t14?,16-,17?,18+;/m1./s1. The van der Waals surface area contributed by atoms with E-state index in [2.05, 4.69) is 31.2 Å². The van der Waals surface area contributed by atoms with Crippen molar-refractivity contribution in [1.82, 2.24) is 4.90 Å². The molecule has 2 aliphatic heterocycles. The zero-order chi connectivity index (χ0) is 16.2. The van der Waals surface area contributed by atoms with Crippen molar-refractivity contribution in [3.63, 3.8) is 0 Å². The van der Waals surface area contributed by atoms with Crippen molar-refractivity contribution in [1.29, 1.82) is 0 Å². The first-order valence-corrected chi connectivity index (χ1v) is 8.85. The average molecular weight is 353 g/mol. The number of nitrogens with zero attached hydrogens (tertiary/aromatic N) is 1. The van der Waals surface area contributed by atoms with E-state index in [9.17, 15) is 4.79 Å². The monoisotopic (exact) mass is 352 g/mol. The summed E-state index contributed by atoms with van der Waals surface area (Å²) in [4.78, 5) is 14.6. The molecule has 4 atom stereocenters. The first-order chi connectivity index (χ1) is 11.2. The van der Waals surface area contributed by atoms with E-state index in [-0.39, 0.29) is 24.4 Å². The first-order valence-electron chi connectivity index (χ1n) is 8.85. The van der Waals surface area contributed by atoms with Crippen LogP contribution in [-0.4, -0.2) is 42.6 Å². The molecule has 0 aromatic heterocycles. The van der Waals surface area contributed by atoms with Crippen LogP contribution in [0, 0.1) is 5.92 Å². The van der Waals surface area contributed by atoms with Crippen molar-refractivity contribution in [3.05, 3.63) is 35.9 Å². The van der Waals surface area contributed by atoms with Crippen LogP contribution >= 0.6 is 12.4 Å². The molecule has 0 saturated carbocycles. The summed E-state index contributed by atoms with van der Waals surface area (Å²) in [6, 6.07) is 10.4. The molecule has 2 unspecified atom stereocenters. The lowest BCUT2D eigenvalue weighted by Gasteiger charge is -2.18. The van der Waals surface area contributed by atoms with Crippen LogP contribution in [-0.2, 0) is 9.53 Å². The number of rotatable bonds is 5. The molecule has 134 valence electrons. The number of ether oxygens (including phenoxy) is 1. The van der Waals surface area contributed by atoms with Crippen LogP contribution in [0.5, 0.6) is 0 Å². The van der Waals surface area contributed by atoms with Gasteiger partial charge in [-0.15, -0.1) is 12.4 Å². The highest BCUT2D eigenvalue weighted by Gasteiger charge is 2.35. The van der Waals surface area contributed by atoms with Gasteiger partial charge in [0.15, 0.2) is 0 Å². The van der Waals surface area contributed by atoms with Crippen molar-refractivity contribution in [2.24, 2.45) is 11.7 Å². The van der Waals surface area contributed by atoms with E-state index in [1.807, 2.05) is 11.0 Å². The molecule has 2 fully saturated rings. The zero-order valence-corrected chi connectivity index (χ0v) is 15.2. The van der Waals surface area contributed by atoms with Crippen molar-refractivity contribution in [3.8, 4) is 0 Å². The topological polar surface area (TPSA) is 55.6 Å². The summed E-state index contributed by atoms with van der Waals surface area (Å²) in [7, 11) is 0. The van der Waals surface area contributed by atoms with Gasteiger partial charge in [-0.2, -0.15) is 0 Å². The van der Waals surface area contributed by atoms with Gasteiger partial charge < -0.3 is 15.4 Å². The molecule has 0 radical (unpaired) electrons. The first kappa shape index (κ1) is 19.2. The minimum absolute atomic E-state index is 0. The quantitative estimate of drug-likeness (QED) is 0.886. The van der Waals surface area contributed by atoms with Crippen molar-refractivity contribution >= 4 is 18.3 Å². The second-order valence-corrected chi connectivity index (χ2v) is 7.00. The Labute approximate surface area is 151 Å². The molecule has 0 aliphatic carbocycles. The number of carbonyl (C=O) groups is 1. The largest absolute Gasteiger partial charge is 0.375 e. The highest BCUT2D eigenvalue weighted by molar-refractivity contribution is 5.85. The van der Waals surface area contributed by atoms with Crippen LogP contribution in [0.25, 0.3) is 0 Å². The van der Waals surface area contributed by atoms with Gasteiger partial charge in [0.05, 0.1) is 12.2 Å². The lowest BCUT2D eigenvalue weighted by atomic mass is 9.89. The van der Waals surface area contributed by atoms with Crippen LogP contribution in [0.15, 0.2) is 30.3 Å². The summed E-state index contributed by atoms with van der Waals surface area (Å²) in [5, 5.41) is 0. The Hall–Kier alpha value is -1.10. The fraction of sp³-hybridized carbons (Fsp3) is 0.632. The zero-order valence-electron chi connectivity index (χ0n) is 14.4. The van der Waals surface area contributed by atoms with E-state index in [1.54, 1.807) is 0 Å². The molecule has 2 aliphatic rings. The predicted molar refractivity (Wildman–Crippen MR) is 98.4 cm³/mol. The molecular formula is C19H29ClN2O2. The van der Waals surface area contributed by atoms with Crippen LogP contribution < -0.4 is 5.73 Å². The number of amides is 1. The van der Waals surface area contributed by atoms with Gasteiger partial charge in [-0.25, -0.2) is 0 Å². The summed E-state index contributed by atoms with van der Waals surface area (Å²) in [5.41, 5.74) is 7.25. The number of hydrogen-bond acceptors (Lipinski definition) is 3. The average Bonchev–Trinajstić information content (AvgIpc) is 3.19. The van der Waals surface area contributed by atoms with E-state index in [0.29, 0.717) is 30.9 Å². The smallest absolute Gasteiger partial charge is 0.222 e. The lowest BCUT2D eigenvalue weighted by Crippen LogP contribution is -2.30. The number of likely N-dealkylation sites (tertiary alicyclic amines) is 1. The van der Waals surface area contributed by atoms with Gasteiger partial charge in [0.2, 0.25) is 5.91 Å². The molecule has 2 heterocycles. The fourth-order valence-corrected chi connectivity index (χ4v) is 3.93. The molecule has 4 nitrogen and oxygen atoms in total. The van der Waals surface area contributed by atoms with Gasteiger partial charge in [-0.05, 0) is 44.2 Å². The van der Waals surface area contributed by atoms with Gasteiger partial charge >= 0.3 is 0 Å². The molecule has 5 heteroatoms. The van der Waals surface area contributed by atoms with Gasteiger partial charge in [0, 0.05) is 25.4 Å². The molecule has 24 heavy (non-hydrogen) atoms. The van der Waals surface area contributed by atoms with E-state index < -0.39 is 0 Å². The minimum atomic E-state index is 0. The molecule has 1 aromatic rings.